The van der Waals surface area contributed by atoms with Crippen LogP contribution in [0.4, 0.5) is 5.69 Å². The second-order valence-electron chi connectivity index (χ2n) is 9.17. The quantitative estimate of drug-likeness (QED) is 0.347. The number of aryl methyl sites for hydroxylation is 1. The topological polar surface area (TPSA) is 101 Å². The number of nitrogens with zero attached hydrogens (tertiary/aromatic N) is 2. The van der Waals surface area contributed by atoms with Crippen molar-refractivity contribution in [1.29, 1.82) is 0 Å². The van der Waals surface area contributed by atoms with Crippen molar-refractivity contribution in [1.82, 2.24) is 14.7 Å². The lowest BCUT2D eigenvalue weighted by atomic mass is 9.89. The number of hydrogen-bond donors (Lipinski definition) is 2. The molecule has 2 N–H and O–H groups in total. The number of anilines is 1. The SMILES string of the molecule is C[C@@H]1CCc2c(sc3ncnc(SCC(=O)Nc4ccc(S(=O)(=O)NC5CCCC5)cc4)c23)C1. The molecule has 2 aromatic heterocycles. The highest BCUT2D eigenvalue weighted by atomic mass is 32.2. The molecular weight excluding hydrogens is 488 g/mol. The molecule has 0 spiro atoms. The van der Waals surface area contributed by atoms with E-state index in [1.54, 1.807) is 29.8 Å². The Balaban J connectivity index is 1.22. The Labute approximate surface area is 208 Å². The third-order valence-electron chi connectivity index (χ3n) is 6.52. The second-order valence-corrected chi connectivity index (χ2v) is 12.9. The van der Waals surface area contributed by atoms with E-state index in [4.69, 9.17) is 0 Å². The maximum atomic E-state index is 12.6. The molecule has 180 valence electrons. The van der Waals surface area contributed by atoms with E-state index in [0.29, 0.717) is 11.6 Å². The summed E-state index contributed by atoms with van der Waals surface area (Å²) in [5.41, 5.74) is 1.92. The van der Waals surface area contributed by atoms with Crippen molar-refractivity contribution in [3.8, 4) is 0 Å². The molecule has 7 nitrogen and oxygen atoms in total. The number of sulfonamides is 1. The summed E-state index contributed by atoms with van der Waals surface area (Å²) in [4.78, 5) is 24.2. The largest absolute Gasteiger partial charge is 0.325 e. The number of aromatic nitrogens is 2. The molecule has 1 atom stereocenters. The highest BCUT2D eigenvalue weighted by Gasteiger charge is 2.24. The number of thioether (sulfide) groups is 1. The van der Waals surface area contributed by atoms with Crippen molar-refractivity contribution < 1.29 is 13.2 Å². The van der Waals surface area contributed by atoms with Gasteiger partial charge in [-0.15, -0.1) is 11.3 Å². The maximum Gasteiger partial charge on any atom is 0.240 e. The Morgan fingerprint density at radius 2 is 1.91 bits per heavy atom. The molecule has 2 heterocycles. The molecule has 34 heavy (non-hydrogen) atoms. The lowest BCUT2D eigenvalue weighted by molar-refractivity contribution is -0.113. The summed E-state index contributed by atoms with van der Waals surface area (Å²) in [7, 11) is -3.54. The van der Waals surface area contributed by atoms with Gasteiger partial charge in [-0.1, -0.05) is 31.5 Å². The van der Waals surface area contributed by atoms with E-state index in [0.717, 1.165) is 53.8 Å². The van der Waals surface area contributed by atoms with Crippen LogP contribution in [0.1, 0.15) is 49.5 Å². The number of nitrogens with one attached hydrogen (secondary N) is 2. The van der Waals surface area contributed by atoms with Crippen LogP contribution >= 0.6 is 23.1 Å². The van der Waals surface area contributed by atoms with E-state index < -0.39 is 10.0 Å². The number of hydrogen-bond acceptors (Lipinski definition) is 7. The minimum atomic E-state index is -3.54. The number of carbonyl (C=O) groups is 1. The fourth-order valence-corrected chi connectivity index (χ4v) is 8.28. The first-order valence-electron chi connectivity index (χ1n) is 11.7. The van der Waals surface area contributed by atoms with Gasteiger partial charge in [0.15, 0.2) is 0 Å². The average molecular weight is 517 g/mol. The van der Waals surface area contributed by atoms with Crippen LogP contribution in [0.3, 0.4) is 0 Å². The molecular formula is C24H28N4O3S3. The van der Waals surface area contributed by atoms with Gasteiger partial charge in [0.05, 0.1) is 10.6 Å². The minimum Gasteiger partial charge on any atom is -0.325 e. The lowest BCUT2D eigenvalue weighted by Gasteiger charge is -2.18. The number of rotatable bonds is 7. The fraction of sp³-hybridized carbons (Fsp3) is 0.458. The highest BCUT2D eigenvalue weighted by molar-refractivity contribution is 8.00. The van der Waals surface area contributed by atoms with Crippen LogP contribution in [0.5, 0.6) is 0 Å². The van der Waals surface area contributed by atoms with Crippen LogP contribution in [0.15, 0.2) is 40.5 Å². The maximum absolute atomic E-state index is 12.6. The average Bonchev–Trinajstić information content (AvgIpc) is 3.44. The third-order valence-corrected chi connectivity index (χ3v) is 10.2. The zero-order valence-corrected chi connectivity index (χ0v) is 21.5. The van der Waals surface area contributed by atoms with Gasteiger partial charge in [0.2, 0.25) is 15.9 Å². The molecule has 5 rings (SSSR count). The molecule has 0 aliphatic heterocycles. The van der Waals surface area contributed by atoms with Gasteiger partial charge in [-0.25, -0.2) is 23.1 Å². The van der Waals surface area contributed by atoms with Crippen LogP contribution in [-0.4, -0.2) is 36.1 Å². The zero-order chi connectivity index (χ0) is 23.7. The summed E-state index contributed by atoms with van der Waals surface area (Å²) >= 11 is 3.17. The van der Waals surface area contributed by atoms with Gasteiger partial charge in [-0.05, 0) is 67.9 Å². The van der Waals surface area contributed by atoms with Gasteiger partial charge in [0.25, 0.3) is 0 Å². The molecule has 10 heteroatoms. The van der Waals surface area contributed by atoms with E-state index in [-0.39, 0.29) is 22.6 Å². The predicted octanol–water partition coefficient (Wildman–Crippen LogP) is 4.77. The number of carbonyl (C=O) groups excluding carboxylic acids is 1. The van der Waals surface area contributed by atoms with Crippen LogP contribution in [0, 0.1) is 5.92 Å². The standard InChI is InChI=1S/C24H28N4O3S3/c1-15-6-11-19-20(12-15)33-24-22(19)23(25-14-26-24)32-13-21(29)27-16-7-9-18(10-8-16)34(30,31)28-17-4-2-3-5-17/h7-10,14-15,17,28H,2-6,11-13H2,1H3,(H,27,29)/t15-/m1/s1. The summed E-state index contributed by atoms with van der Waals surface area (Å²) in [5, 5.41) is 4.82. The monoisotopic (exact) mass is 516 g/mol. The molecule has 0 radical (unpaired) electrons. The first-order chi connectivity index (χ1) is 16.4. The Morgan fingerprint density at radius 3 is 2.68 bits per heavy atom. The van der Waals surface area contributed by atoms with Crippen molar-refractivity contribution in [3.05, 3.63) is 41.0 Å². The van der Waals surface area contributed by atoms with Crippen molar-refractivity contribution in [2.45, 2.75) is 67.8 Å². The molecule has 3 aromatic rings. The third kappa shape index (κ3) is 5.15. The number of amides is 1. The van der Waals surface area contributed by atoms with E-state index >= 15 is 0 Å². The number of fused-ring (bicyclic) bond motifs is 3. The van der Waals surface area contributed by atoms with Gasteiger partial charge in [-0.2, -0.15) is 0 Å². The summed E-state index contributed by atoms with van der Waals surface area (Å²) < 4.78 is 27.9. The molecule has 1 fully saturated rings. The second kappa shape index (κ2) is 9.93. The Morgan fingerprint density at radius 1 is 1.15 bits per heavy atom. The van der Waals surface area contributed by atoms with Gasteiger partial charge < -0.3 is 5.32 Å². The molecule has 1 saturated carbocycles. The highest BCUT2D eigenvalue weighted by Crippen LogP contribution is 2.40. The van der Waals surface area contributed by atoms with Crippen LogP contribution in [0.2, 0.25) is 0 Å². The molecule has 0 unspecified atom stereocenters. The van der Waals surface area contributed by atoms with Crippen LogP contribution < -0.4 is 10.0 Å². The number of thiophene rings is 1. The summed E-state index contributed by atoms with van der Waals surface area (Å²) in [6, 6.07) is 6.35. The molecule has 1 aromatic carbocycles. The van der Waals surface area contributed by atoms with Crippen molar-refractivity contribution >= 4 is 54.9 Å². The summed E-state index contributed by atoms with van der Waals surface area (Å²) in [6.45, 7) is 2.28. The summed E-state index contributed by atoms with van der Waals surface area (Å²) in [5.74, 6) is 0.751. The molecule has 1 amide bonds. The lowest BCUT2D eigenvalue weighted by Crippen LogP contribution is -2.32. The Bertz CT molecular complexity index is 1300. The normalized spacial score (nSPS) is 18.8. The Hall–Kier alpha value is -2.01. The van der Waals surface area contributed by atoms with E-state index in [2.05, 4.69) is 26.9 Å². The molecule has 2 aliphatic carbocycles. The first-order valence-corrected chi connectivity index (χ1v) is 15.0. The predicted molar refractivity (Wildman–Crippen MR) is 137 cm³/mol. The smallest absolute Gasteiger partial charge is 0.240 e. The van der Waals surface area contributed by atoms with Gasteiger partial charge in [-0.3, -0.25) is 4.79 Å². The van der Waals surface area contributed by atoms with Crippen molar-refractivity contribution in [3.63, 3.8) is 0 Å². The van der Waals surface area contributed by atoms with Crippen LogP contribution in [-0.2, 0) is 27.7 Å². The van der Waals surface area contributed by atoms with E-state index in [1.807, 2.05) is 0 Å². The first kappa shape index (κ1) is 23.7. The van der Waals surface area contributed by atoms with Gasteiger partial charge >= 0.3 is 0 Å². The van der Waals surface area contributed by atoms with Gasteiger partial charge in [0.1, 0.15) is 16.2 Å². The number of benzene rings is 1. The van der Waals surface area contributed by atoms with Crippen LogP contribution in [0.25, 0.3) is 10.2 Å². The fourth-order valence-electron chi connectivity index (χ4n) is 4.74. The molecule has 0 saturated heterocycles. The minimum absolute atomic E-state index is 0.0203. The van der Waals surface area contributed by atoms with Gasteiger partial charge in [0, 0.05) is 22.0 Å². The van der Waals surface area contributed by atoms with Crippen molar-refractivity contribution in [2.75, 3.05) is 11.1 Å². The van der Waals surface area contributed by atoms with E-state index in [9.17, 15) is 13.2 Å². The van der Waals surface area contributed by atoms with Crippen molar-refractivity contribution in [2.24, 2.45) is 5.92 Å². The van der Waals surface area contributed by atoms with E-state index in [1.165, 1.54) is 40.8 Å². The summed E-state index contributed by atoms with van der Waals surface area (Å²) in [6.07, 6.45) is 8.76. The Kier molecular flexibility index (Phi) is 6.92. The zero-order valence-electron chi connectivity index (χ0n) is 19.0. The molecule has 0 bridgehead atoms. The molecule has 2 aliphatic rings.